The van der Waals surface area contributed by atoms with Gasteiger partial charge in [0.05, 0.1) is 11.5 Å². The number of aryl methyl sites for hydroxylation is 1. The first-order chi connectivity index (χ1) is 8.99. The topological polar surface area (TPSA) is 90.2 Å². The second-order valence-corrected chi connectivity index (χ2v) is 4.60. The van der Waals surface area contributed by atoms with Crippen LogP contribution in [-0.4, -0.2) is 28.5 Å². The summed E-state index contributed by atoms with van der Waals surface area (Å²) in [6, 6.07) is 0. The van der Waals surface area contributed by atoms with Gasteiger partial charge < -0.3 is 10.1 Å². The highest BCUT2D eigenvalue weighted by Crippen LogP contribution is 2.32. The van der Waals surface area contributed by atoms with Crippen molar-refractivity contribution in [3.63, 3.8) is 0 Å². The third kappa shape index (κ3) is 4.04. The van der Waals surface area contributed by atoms with Crippen molar-refractivity contribution < 1.29 is 9.66 Å². The first kappa shape index (κ1) is 15.1. The summed E-state index contributed by atoms with van der Waals surface area (Å²) in [6.07, 6.45) is 1.52. The van der Waals surface area contributed by atoms with Gasteiger partial charge in [0.25, 0.3) is 5.88 Å². The number of nitro groups is 1. The second kappa shape index (κ2) is 6.86. The van der Waals surface area contributed by atoms with Crippen molar-refractivity contribution in [1.82, 2.24) is 9.97 Å². The number of nitrogens with one attached hydrogen (secondary N) is 1. The molecule has 0 bridgehead atoms. The van der Waals surface area contributed by atoms with Crippen LogP contribution in [0.2, 0.25) is 0 Å². The molecule has 19 heavy (non-hydrogen) atoms. The van der Waals surface area contributed by atoms with Gasteiger partial charge in [-0.2, -0.15) is 4.98 Å². The molecule has 0 fully saturated rings. The van der Waals surface area contributed by atoms with Crippen LogP contribution in [0, 0.1) is 16.0 Å². The third-order valence-electron chi connectivity index (χ3n) is 2.34. The Kier molecular flexibility index (Phi) is 5.47. The molecule has 0 aliphatic heterocycles. The Morgan fingerprint density at radius 1 is 1.42 bits per heavy atom. The van der Waals surface area contributed by atoms with Crippen LogP contribution in [0.5, 0.6) is 5.88 Å². The van der Waals surface area contributed by atoms with Crippen molar-refractivity contribution in [2.75, 3.05) is 19.0 Å². The molecule has 0 aromatic carbocycles. The highest BCUT2D eigenvalue weighted by molar-refractivity contribution is 5.61. The highest BCUT2D eigenvalue weighted by Gasteiger charge is 2.25. The number of anilines is 1. The molecule has 106 valence electrons. The first-order valence-corrected chi connectivity index (χ1v) is 6.35. The van der Waals surface area contributed by atoms with E-state index in [2.05, 4.69) is 15.3 Å². The fourth-order valence-corrected chi connectivity index (χ4v) is 1.50. The van der Waals surface area contributed by atoms with Gasteiger partial charge >= 0.3 is 5.69 Å². The van der Waals surface area contributed by atoms with Crippen LogP contribution in [0.3, 0.4) is 0 Å². The maximum atomic E-state index is 11.1. The zero-order chi connectivity index (χ0) is 14.4. The average Bonchev–Trinajstić information content (AvgIpc) is 2.35. The predicted molar refractivity (Wildman–Crippen MR) is 72.6 cm³/mol. The number of ether oxygens (including phenoxy) is 1. The van der Waals surface area contributed by atoms with Crippen LogP contribution in [0.25, 0.3) is 0 Å². The highest BCUT2D eigenvalue weighted by atomic mass is 16.6. The van der Waals surface area contributed by atoms with Gasteiger partial charge in [0.1, 0.15) is 5.82 Å². The third-order valence-corrected chi connectivity index (χ3v) is 2.34. The van der Waals surface area contributed by atoms with Crippen molar-refractivity contribution in [2.45, 2.75) is 33.6 Å². The quantitative estimate of drug-likeness (QED) is 0.603. The molecule has 0 aliphatic carbocycles. The van der Waals surface area contributed by atoms with E-state index in [1.165, 1.54) is 0 Å². The van der Waals surface area contributed by atoms with Gasteiger partial charge in [-0.15, -0.1) is 0 Å². The molecule has 0 unspecified atom stereocenters. The summed E-state index contributed by atoms with van der Waals surface area (Å²) in [5, 5.41) is 13.9. The van der Waals surface area contributed by atoms with Crippen LogP contribution in [-0.2, 0) is 6.42 Å². The monoisotopic (exact) mass is 268 g/mol. The van der Waals surface area contributed by atoms with E-state index in [4.69, 9.17) is 4.74 Å². The molecule has 1 N–H and O–H groups in total. The zero-order valence-corrected chi connectivity index (χ0v) is 11.8. The molecule has 0 amide bonds. The van der Waals surface area contributed by atoms with Gasteiger partial charge in [-0.3, -0.25) is 10.1 Å². The van der Waals surface area contributed by atoms with Gasteiger partial charge in [-0.1, -0.05) is 20.8 Å². The molecule has 7 heteroatoms. The molecule has 0 saturated carbocycles. The van der Waals surface area contributed by atoms with Crippen molar-refractivity contribution in [3.05, 3.63) is 15.9 Å². The van der Waals surface area contributed by atoms with E-state index in [-0.39, 0.29) is 23.3 Å². The molecule has 1 heterocycles. The predicted octanol–water partition coefficient (Wildman–Crippen LogP) is 2.41. The Balaban J connectivity index is 3.20. The van der Waals surface area contributed by atoms with Crippen molar-refractivity contribution in [1.29, 1.82) is 0 Å². The maximum Gasteiger partial charge on any atom is 0.372 e. The molecule has 0 saturated heterocycles. The Morgan fingerprint density at radius 3 is 2.58 bits per heavy atom. The zero-order valence-electron chi connectivity index (χ0n) is 11.8. The lowest BCUT2D eigenvalue weighted by molar-refractivity contribution is -0.385. The normalized spacial score (nSPS) is 10.6. The minimum absolute atomic E-state index is 0.0431. The van der Waals surface area contributed by atoms with Crippen molar-refractivity contribution in [2.24, 2.45) is 5.92 Å². The largest absolute Gasteiger partial charge is 0.472 e. The fraction of sp³-hybridized carbons (Fsp3) is 0.667. The minimum atomic E-state index is -0.517. The Morgan fingerprint density at radius 2 is 2.11 bits per heavy atom. The van der Waals surface area contributed by atoms with Gasteiger partial charge in [-0.25, -0.2) is 4.98 Å². The standard InChI is InChI=1S/C12H20N4O3/c1-5-6-9-14-11(13-4)10(16(17)18)12(15-9)19-7-8(2)3/h8H,5-7H2,1-4H3,(H,13,14,15). The van der Waals surface area contributed by atoms with Crippen molar-refractivity contribution >= 4 is 11.5 Å². The molecule has 1 rings (SSSR count). The summed E-state index contributed by atoms with van der Waals surface area (Å²) in [5.41, 5.74) is -0.206. The summed E-state index contributed by atoms with van der Waals surface area (Å²) in [6.45, 7) is 6.32. The molecule has 0 spiro atoms. The molecule has 0 radical (unpaired) electrons. The van der Waals surface area contributed by atoms with E-state index in [0.29, 0.717) is 18.9 Å². The van der Waals surface area contributed by atoms with Crippen LogP contribution in [0.1, 0.15) is 33.0 Å². The Bertz CT molecular complexity index is 449. The Labute approximate surface area is 112 Å². The second-order valence-electron chi connectivity index (χ2n) is 4.60. The van der Waals surface area contributed by atoms with Crippen LogP contribution in [0.15, 0.2) is 0 Å². The lowest BCUT2D eigenvalue weighted by Crippen LogP contribution is -2.12. The summed E-state index contributed by atoms with van der Waals surface area (Å²) in [5.74, 6) is 1.06. The number of aromatic nitrogens is 2. The smallest absolute Gasteiger partial charge is 0.372 e. The van der Waals surface area contributed by atoms with Crippen LogP contribution < -0.4 is 10.1 Å². The summed E-state index contributed by atoms with van der Waals surface area (Å²) >= 11 is 0. The van der Waals surface area contributed by atoms with Crippen LogP contribution >= 0.6 is 0 Å². The molecule has 0 atom stereocenters. The maximum absolute atomic E-state index is 11.1. The summed E-state index contributed by atoms with van der Waals surface area (Å²) in [4.78, 5) is 18.9. The lowest BCUT2D eigenvalue weighted by Gasteiger charge is -2.11. The van der Waals surface area contributed by atoms with Crippen LogP contribution in [0.4, 0.5) is 11.5 Å². The van der Waals surface area contributed by atoms with E-state index in [1.807, 2.05) is 20.8 Å². The first-order valence-electron chi connectivity index (χ1n) is 6.35. The molecule has 0 aliphatic rings. The number of hydrogen-bond acceptors (Lipinski definition) is 6. The summed E-state index contributed by atoms with van der Waals surface area (Å²) in [7, 11) is 1.59. The van der Waals surface area contributed by atoms with E-state index < -0.39 is 4.92 Å². The number of nitrogens with zero attached hydrogens (tertiary/aromatic N) is 3. The number of rotatable bonds is 7. The molecule has 1 aromatic heterocycles. The van der Waals surface area contributed by atoms with Gasteiger partial charge in [0.2, 0.25) is 5.82 Å². The molecular formula is C12H20N4O3. The number of hydrogen-bond donors (Lipinski definition) is 1. The molecule has 1 aromatic rings. The van der Waals surface area contributed by atoms with Crippen molar-refractivity contribution in [3.8, 4) is 5.88 Å². The fourth-order valence-electron chi connectivity index (χ4n) is 1.50. The van der Waals surface area contributed by atoms with E-state index in [1.54, 1.807) is 7.05 Å². The minimum Gasteiger partial charge on any atom is -0.472 e. The SMILES string of the molecule is CCCc1nc(NC)c([N+](=O)[O-])c(OCC(C)C)n1. The Hall–Kier alpha value is -1.92. The average molecular weight is 268 g/mol. The van der Waals surface area contributed by atoms with Gasteiger partial charge in [0.15, 0.2) is 0 Å². The molecular weight excluding hydrogens is 248 g/mol. The summed E-state index contributed by atoms with van der Waals surface area (Å²) < 4.78 is 5.46. The van der Waals surface area contributed by atoms with E-state index >= 15 is 0 Å². The lowest BCUT2D eigenvalue weighted by atomic mass is 10.2. The molecule has 7 nitrogen and oxygen atoms in total. The van der Waals surface area contributed by atoms with Gasteiger partial charge in [-0.05, 0) is 12.3 Å². The van der Waals surface area contributed by atoms with E-state index in [0.717, 1.165) is 6.42 Å². The van der Waals surface area contributed by atoms with Gasteiger partial charge in [0, 0.05) is 13.5 Å². The van der Waals surface area contributed by atoms with E-state index in [9.17, 15) is 10.1 Å².